The molecule has 1 fully saturated rings. The van der Waals surface area contributed by atoms with Gasteiger partial charge in [-0.25, -0.2) is 4.98 Å². The highest BCUT2D eigenvalue weighted by Crippen LogP contribution is 2.32. The number of para-hydroxylation sites is 1. The second kappa shape index (κ2) is 13.0. The van der Waals surface area contributed by atoms with Gasteiger partial charge < -0.3 is 0 Å². The maximum atomic E-state index is 12.8. The summed E-state index contributed by atoms with van der Waals surface area (Å²) in [7, 11) is 0. The van der Waals surface area contributed by atoms with Gasteiger partial charge in [-0.05, 0) is 42.7 Å². The molecule has 0 unspecified atom stereocenters. The molecular formula is C26H24N4O3S4. The lowest BCUT2D eigenvalue weighted by molar-refractivity contribution is -0.128. The zero-order valence-corrected chi connectivity index (χ0v) is 23.2. The summed E-state index contributed by atoms with van der Waals surface area (Å²) in [6.45, 7) is 2.27. The molecule has 2 N–H and O–H groups in total. The summed E-state index contributed by atoms with van der Waals surface area (Å²) in [5, 5.41) is 0. The van der Waals surface area contributed by atoms with Gasteiger partial charge in [0.15, 0.2) is 4.34 Å². The number of nitrogens with one attached hydrogen (secondary N) is 2. The van der Waals surface area contributed by atoms with Crippen LogP contribution in [0.2, 0.25) is 0 Å². The predicted octanol–water partition coefficient (Wildman–Crippen LogP) is 5.16. The van der Waals surface area contributed by atoms with Gasteiger partial charge in [0.1, 0.15) is 4.32 Å². The number of carbonyl (C=O) groups excluding carboxylic acids is 3. The van der Waals surface area contributed by atoms with Crippen LogP contribution in [0.5, 0.6) is 0 Å². The average Bonchev–Trinajstić information content (AvgIpc) is 3.42. The molecule has 0 atom stereocenters. The Balaban J connectivity index is 1.17. The number of carbonyl (C=O) groups is 3. The minimum absolute atomic E-state index is 0.140. The Morgan fingerprint density at radius 1 is 1.08 bits per heavy atom. The summed E-state index contributed by atoms with van der Waals surface area (Å²) < 4.78 is 2.34. The zero-order chi connectivity index (χ0) is 26.2. The number of hydrazine groups is 1. The molecule has 3 amide bonds. The Morgan fingerprint density at radius 3 is 2.59 bits per heavy atom. The van der Waals surface area contributed by atoms with Crippen LogP contribution in [0, 0.1) is 0 Å². The highest BCUT2D eigenvalue weighted by Gasteiger charge is 2.31. The van der Waals surface area contributed by atoms with E-state index < -0.39 is 0 Å². The lowest BCUT2D eigenvalue weighted by atomic mass is 10.1. The molecule has 2 heterocycles. The third-order valence-electron chi connectivity index (χ3n) is 5.15. The molecule has 0 radical (unpaired) electrons. The van der Waals surface area contributed by atoms with Gasteiger partial charge in [-0.2, -0.15) is 0 Å². The quantitative estimate of drug-likeness (QED) is 0.159. The number of allylic oxidation sites excluding steroid dienone is 2. The van der Waals surface area contributed by atoms with E-state index in [-0.39, 0.29) is 29.9 Å². The summed E-state index contributed by atoms with van der Waals surface area (Å²) in [4.78, 5) is 43.6. The minimum atomic E-state index is -0.332. The van der Waals surface area contributed by atoms with Gasteiger partial charge in [0.05, 0.1) is 20.9 Å². The van der Waals surface area contributed by atoms with Crippen molar-refractivity contribution in [3.05, 3.63) is 76.7 Å². The van der Waals surface area contributed by atoms with Crippen molar-refractivity contribution in [2.75, 3.05) is 12.3 Å². The van der Waals surface area contributed by atoms with Crippen molar-refractivity contribution in [3.8, 4) is 0 Å². The molecule has 3 aromatic rings. The molecule has 1 aromatic heterocycles. The van der Waals surface area contributed by atoms with Gasteiger partial charge in [0.25, 0.3) is 5.91 Å². The van der Waals surface area contributed by atoms with Crippen LogP contribution in [0.15, 0.2) is 75.5 Å². The van der Waals surface area contributed by atoms with Gasteiger partial charge in [0.2, 0.25) is 11.8 Å². The monoisotopic (exact) mass is 568 g/mol. The van der Waals surface area contributed by atoms with E-state index in [0.717, 1.165) is 25.7 Å². The van der Waals surface area contributed by atoms with Crippen molar-refractivity contribution in [2.24, 2.45) is 0 Å². The fraction of sp³-hybridized carbons (Fsp3) is 0.192. The van der Waals surface area contributed by atoms with E-state index in [2.05, 4.69) is 15.8 Å². The largest absolute Gasteiger partial charge is 0.293 e. The Kier molecular flexibility index (Phi) is 9.51. The van der Waals surface area contributed by atoms with Crippen molar-refractivity contribution in [1.82, 2.24) is 20.7 Å². The zero-order valence-electron chi connectivity index (χ0n) is 19.9. The Labute approximate surface area is 232 Å². The van der Waals surface area contributed by atoms with E-state index in [0.29, 0.717) is 22.2 Å². The topological polar surface area (TPSA) is 91.4 Å². The summed E-state index contributed by atoms with van der Waals surface area (Å²) >= 11 is 9.48. The smallest absolute Gasteiger partial charge is 0.266 e. The summed E-state index contributed by atoms with van der Waals surface area (Å²) in [6.07, 6.45) is 4.40. The number of amides is 3. The maximum absolute atomic E-state index is 12.8. The van der Waals surface area contributed by atoms with Gasteiger partial charge in [0, 0.05) is 13.0 Å². The summed E-state index contributed by atoms with van der Waals surface area (Å²) in [5.74, 6) is -0.669. The lowest BCUT2D eigenvalue weighted by Gasteiger charge is -2.14. The van der Waals surface area contributed by atoms with E-state index in [9.17, 15) is 14.4 Å². The molecule has 4 rings (SSSR count). The van der Waals surface area contributed by atoms with Crippen LogP contribution >= 0.6 is 47.1 Å². The summed E-state index contributed by atoms with van der Waals surface area (Å²) in [5.41, 5.74) is 7.75. The van der Waals surface area contributed by atoms with Crippen LogP contribution in [-0.2, 0) is 14.4 Å². The molecule has 11 heteroatoms. The van der Waals surface area contributed by atoms with Crippen LogP contribution in [0.4, 0.5) is 0 Å². The normalized spacial score (nSPS) is 15.0. The molecule has 1 saturated heterocycles. The first-order valence-corrected chi connectivity index (χ1v) is 14.5. The molecular weight excluding hydrogens is 545 g/mol. The lowest BCUT2D eigenvalue weighted by Crippen LogP contribution is -2.42. The van der Waals surface area contributed by atoms with E-state index in [1.165, 1.54) is 39.8 Å². The molecule has 0 spiro atoms. The van der Waals surface area contributed by atoms with Crippen LogP contribution in [-0.4, -0.2) is 44.2 Å². The van der Waals surface area contributed by atoms with Crippen LogP contribution in [0.25, 0.3) is 16.3 Å². The standard InChI is InChI=1S/C26H24N4O3S4/c1-17(14-18-8-3-2-4-9-18)15-21-24(33)30(26(34)37-21)13-7-12-22(31)28-29-23(32)16-35-25-27-19-10-5-6-11-20(19)36-25/h2-6,8-11,14-15H,7,12-13,16H2,1H3,(H,28,31)(H,29,32)/b17-14+,21-15-. The summed E-state index contributed by atoms with van der Waals surface area (Å²) in [6, 6.07) is 17.7. The molecule has 0 bridgehead atoms. The second-order valence-electron chi connectivity index (χ2n) is 8.07. The molecule has 190 valence electrons. The molecule has 0 aliphatic carbocycles. The first-order valence-electron chi connectivity index (χ1n) is 11.4. The number of thioether (sulfide) groups is 2. The van der Waals surface area contributed by atoms with E-state index in [1.54, 1.807) is 0 Å². The van der Waals surface area contributed by atoms with Gasteiger partial charge >= 0.3 is 0 Å². The van der Waals surface area contributed by atoms with Crippen LogP contribution < -0.4 is 10.9 Å². The van der Waals surface area contributed by atoms with Crippen molar-refractivity contribution < 1.29 is 14.4 Å². The van der Waals surface area contributed by atoms with Crippen LogP contribution in [0.3, 0.4) is 0 Å². The number of thiocarbonyl (C=S) groups is 1. The first kappa shape index (κ1) is 27.1. The van der Waals surface area contributed by atoms with Crippen molar-refractivity contribution in [1.29, 1.82) is 0 Å². The van der Waals surface area contributed by atoms with Crippen molar-refractivity contribution >= 4 is 85.4 Å². The number of hydrogen-bond donors (Lipinski definition) is 2. The van der Waals surface area contributed by atoms with E-state index in [4.69, 9.17) is 12.2 Å². The molecule has 0 saturated carbocycles. The highest BCUT2D eigenvalue weighted by atomic mass is 32.2. The average molecular weight is 569 g/mol. The Bertz CT molecular complexity index is 1350. The number of hydrogen-bond acceptors (Lipinski definition) is 8. The number of nitrogens with zero attached hydrogens (tertiary/aromatic N) is 2. The first-order chi connectivity index (χ1) is 17.9. The third-order valence-corrected chi connectivity index (χ3v) is 8.71. The van der Waals surface area contributed by atoms with Crippen molar-refractivity contribution in [3.63, 3.8) is 0 Å². The maximum Gasteiger partial charge on any atom is 0.266 e. The molecule has 1 aliphatic rings. The highest BCUT2D eigenvalue weighted by molar-refractivity contribution is 8.26. The van der Waals surface area contributed by atoms with Crippen LogP contribution in [0.1, 0.15) is 25.3 Å². The number of rotatable bonds is 9. The molecule has 2 aromatic carbocycles. The van der Waals surface area contributed by atoms with Gasteiger partial charge in [-0.3, -0.25) is 30.1 Å². The predicted molar refractivity (Wildman–Crippen MR) is 156 cm³/mol. The Morgan fingerprint density at radius 2 is 1.81 bits per heavy atom. The molecule has 37 heavy (non-hydrogen) atoms. The van der Waals surface area contributed by atoms with E-state index in [1.807, 2.05) is 73.7 Å². The SMILES string of the molecule is CC(/C=C1\SC(=S)N(CCCC(=O)NNC(=O)CSc2nc3ccccc3s2)C1=O)=C\c1ccccc1. The second-order valence-corrected chi connectivity index (χ2v) is 12.0. The van der Waals surface area contributed by atoms with Gasteiger partial charge in [-0.15, -0.1) is 11.3 Å². The number of benzene rings is 2. The number of aromatic nitrogens is 1. The fourth-order valence-electron chi connectivity index (χ4n) is 3.43. The minimum Gasteiger partial charge on any atom is -0.293 e. The van der Waals surface area contributed by atoms with Crippen molar-refractivity contribution in [2.45, 2.75) is 24.1 Å². The molecule has 7 nitrogen and oxygen atoms in total. The fourth-order valence-corrected chi connectivity index (χ4v) is 6.66. The Hall–Kier alpha value is -2.99. The third kappa shape index (κ3) is 7.75. The van der Waals surface area contributed by atoms with E-state index >= 15 is 0 Å². The number of fused-ring (bicyclic) bond motifs is 1. The van der Waals surface area contributed by atoms with Gasteiger partial charge in [-0.1, -0.05) is 84.3 Å². The molecule has 1 aliphatic heterocycles. The number of thiazole rings is 1.